The van der Waals surface area contributed by atoms with Gasteiger partial charge in [0.1, 0.15) is 18.9 Å². The van der Waals surface area contributed by atoms with E-state index in [0.717, 1.165) is 31.2 Å². The fourth-order valence-corrected chi connectivity index (χ4v) is 3.67. The Bertz CT molecular complexity index is 977. The Balaban J connectivity index is 1.93. The Morgan fingerprint density at radius 2 is 1.81 bits per heavy atom. The zero-order chi connectivity index (χ0) is 23.1. The van der Waals surface area contributed by atoms with E-state index in [1.807, 2.05) is 24.3 Å². The number of hydrogen-bond donors (Lipinski definition) is 1. The van der Waals surface area contributed by atoms with Crippen LogP contribution in [-0.4, -0.2) is 40.3 Å². The van der Waals surface area contributed by atoms with Crippen molar-refractivity contribution in [2.75, 3.05) is 30.3 Å². The summed E-state index contributed by atoms with van der Waals surface area (Å²) in [5, 5.41) is 2.51. The number of nitrogens with zero attached hydrogens (tertiary/aromatic N) is 1. The molecule has 0 unspecified atom stereocenters. The quantitative estimate of drug-likeness (QED) is 0.552. The first-order valence-corrected chi connectivity index (χ1v) is 11.5. The molecule has 0 saturated heterocycles. The molecular formula is C21H25F3N2O4S. The molecule has 0 aliphatic heterocycles. The van der Waals surface area contributed by atoms with Gasteiger partial charge in [-0.1, -0.05) is 31.5 Å². The summed E-state index contributed by atoms with van der Waals surface area (Å²) in [4.78, 5) is 12.2. The van der Waals surface area contributed by atoms with Gasteiger partial charge in [-0.2, -0.15) is 13.2 Å². The maximum Gasteiger partial charge on any atom is 0.416 e. The highest BCUT2D eigenvalue weighted by Gasteiger charge is 2.31. The Morgan fingerprint density at radius 3 is 2.39 bits per heavy atom. The van der Waals surface area contributed by atoms with Crippen molar-refractivity contribution in [3.63, 3.8) is 0 Å². The lowest BCUT2D eigenvalue weighted by atomic mass is 10.1. The maximum absolute atomic E-state index is 12.9. The predicted molar refractivity (Wildman–Crippen MR) is 113 cm³/mol. The summed E-state index contributed by atoms with van der Waals surface area (Å²) in [6.07, 6.45) is -1.80. The van der Waals surface area contributed by atoms with E-state index in [0.29, 0.717) is 16.1 Å². The van der Waals surface area contributed by atoms with Crippen molar-refractivity contribution in [2.24, 2.45) is 0 Å². The van der Waals surface area contributed by atoms with E-state index >= 15 is 0 Å². The van der Waals surface area contributed by atoms with Crippen molar-refractivity contribution >= 4 is 21.6 Å². The number of amides is 1. The molecule has 170 valence electrons. The molecule has 2 aromatic carbocycles. The molecule has 0 aromatic heterocycles. The van der Waals surface area contributed by atoms with E-state index in [1.54, 1.807) is 0 Å². The van der Waals surface area contributed by atoms with Crippen LogP contribution < -0.4 is 14.4 Å². The van der Waals surface area contributed by atoms with Gasteiger partial charge in [-0.15, -0.1) is 0 Å². The van der Waals surface area contributed by atoms with Gasteiger partial charge in [-0.25, -0.2) is 8.42 Å². The molecule has 31 heavy (non-hydrogen) atoms. The minimum Gasteiger partial charge on any atom is -0.492 e. The van der Waals surface area contributed by atoms with Gasteiger partial charge in [-0.05, 0) is 42.3 Å². The van der Waals surface area contributed by atoms with Crippen LogP contribution in [0.5, 0.6) is 5.75 Å². The largest absolute Gasteiger partial charge is 0.492 e. The van der Waals surface area contributed by atoms with E-state index in [-0.39, 0.29) is 18.8 Å². The summed E-state index contributed by atoms with van der Waals surface area (Å²) in [6, 6.07) is 11.4. The molecule has 0 spiro atoms. The van der Waals surface area contributed by atoms with Crippen molar-refractivity contribution in [3.8, 4) is 5.75 Å². The minimum absolute atomic E-state index is 0.107. The zero-order valence-corrected chi connectivity index (χ0v) is 18.1. The van der Waals surface area contributed by atoms with Gasteiger partial charge >= 0.3 is 6.18 Å². The number of carbonyl (C=O) groups excluding carboxylic acids is 1. The average Bonchev–Trinajstić information content (AvgIpc) is 2.69. The number of anilines is 1. The standard InChI is InChI=1S/C21H25F3N2O4S/c1-3-5-16-8-10-19(11-9-16)30-13-12-25-20(27)15-26(31(2,28)29)18-7-4-6-17(14-18)21(22,23)24/h4,6-11,14H,3,5,12-13,15H2,1-2H3,(H,25,27). The lowest BCUT2D eigenvalue weighted by Crippen LogP contribution is -2.41. The number of aryl methyl sites for hydroxylation is 1. The highest BCUT2D eigenvalue weighted by molar-refractivity contribution is 7.92. The summed E-state index contributed by atoms with van der Waals surface area (Å²) in [6.45, 7) is 1.70. The maximum atomic E-state index is 12.9. The second-order valence-corrected chi connectivity index (χ2v) is 8.82. The first kappa shape index (κ1) is 24.5. The number of carbonyl (C=O) groups is 1. The van der Waals surface area contributed by atoms with Gasteiger partial charge < -0.3 is 10.1 Å². The summed E-state index contributed by atoms with van der Waals surface area (Å²) in [5.41, 5.74) is -0.0491. The minimum atomic E-state index is -4.63. The van der Waals surface area contributed by atoms with Crippen molar-refractivity contribution in [2.45, 2.75) is 25.9 Å². The number of rotatable bonds is 10. The topological polar surface area (TPSA) is 75.7 Å². The van der Waals surface area contributed by atoms with E-state index in [9.17, 15) is 26.4 Å². The van der Waals surface area contributed by atoms with Gasteiger partial charge in [0, 0.05) is 0 Å². The second kappa shape index (κ2) is 10.5. The molecule has 2 aromatic rings. The third-order valence-corrected chi connectivity index (χ3v) is 5.44. The molecular weight excluding hydrogens is 433 g/mol. The molecule has 0 aliphatic rings. The molecule has 6 nitrogen and oxygen atoms in total. The zero-order valence-electron chi connectivity index (χ0n) is 17.3. The predicted octanol–water partition coefficient (Wildman–Crippen LogP) is 3.62. The molecule has 0 fully saturated rings. The second-order valence-electron chi connectivity index (χ2n) is 6.91. The summed E-state index contributed by atoms with van der Waals surface area (Å²) >= 11 is 0. The third-order valence-electron chi connectivity index (χ3n) is 4.30. The number of benzene rings is 2. The fraction of sp³-hybridized carbons (Fsp3) is 0.381. The van der Waals surface area contributed by atoms with E-state index in [2.05, 4.69) is 12.2 Å². The summed E-state index contributed by atoms with van der Waals surface area (Å²) in [7, 11) is -3.98. The normalized spacial score (nSPS) is 11.8. The molecule has 0 heterocycles. The molecule has 10 heteroatoms. The van der Waals surface area contributed by atoms with Crippen LogP contribution in [0.3, 0.4) is 0 Å². The van der Waals surface area contributed by atoms with Gasteiger partial charge in [0.2, 0.25) is 15.9 Å². The molecule has 1 N–H and O–H groups in total. The Kier molecular flexibility index (Phi) is 8.32. The average molecular weight is 459 g/mol. The summed E-state index contributed by atoms with van der Waals surface area (Å²) in [5.74, 6) is -0.0273. The summed E-state index contributed by atoms with van der Waals surface area (Å²) < 4.78 is 69.1. The molecule has 0 bridgehead atoms. The lowest BCUT2D eigenvalue weighted by Gasteiger charge is -2.22. The number of ether oxygens (including phenoxy) is 1. The number of sulfonamides is 1. The Labute approximate surface area is 180 Å². The monoisotopic (exact) mass is 458 g/mol. The first-order valence-electron chi connectivity index (χ1n) is 9.64. The van der Waals surface area contributed by atoms with Gasteiger partial charge in [0.25, 0.3) is 0 Å². The van der Waals surface area contributed by atoms with Crippen LogP contribution in [0, 0.1) is 0 Å². The van der Waals surface area contributed by atoms with E-state index in [1.165, 1.54) is 11.6 Å². The number of hydrogen-bond acceptors (Lipinski definition) is 4. The van der Waals surface area contributed by atoms with E-state index in [4.69, 9.17) is 4.74 Å². The van der Waals surface area contributed by atoms with Crippen molar-refractivity contribution in [1.82, 2.24) is 5.32 Å². The molecule has 0 aliphatic carbocycles. The first-order chi connectivity index (χ1) is 14.5. The van der Waals surface area contributed by atoms with Crippen molar-refractivity contribution in [1.29, 1.82) is 0 Å². The van der Waals surface area contributed by atoms with E-state index < -0.39 is 34.2 Å². The van der Waals surface area contributed by atoms with Crippen LogP contribution in [0.2, 0.25) is 0 Å². The molecule has 1 amide bonds. The van der Waals surface area contributed by atoms with Crippen molar-refractivity contribution in [3.05, 3.63) is 59.7 Å². The molecule has 2 rings (SSSR count). The SMILES string of the molecule is CCCc1ccc(OCCNC(=O)CN(c2cccc(C(F)(F)F)c2)S(C)(=O)=O)cc1. The van der Waals surface area contributed by atoms with Crippen molar-refractivity contribution < 1.29 is 31.1 Å². The molecule has 0 saturated carbocycles. The molecule has 0 radical (unpaired) electrons. The van der Waals surface area contributed by atoms with Crippen LogP contribution in [0.25, 0.3) is 0 Å². The Morgan fingerprint density at radius 1 is 1.13 bits per heavy atom. The third kappa shape index (κ3) is 7.78. The smallest absolute Gasteiger partial charge is 0.416 e. The fourth-order valence-electron chi connectivity index (χ4n) is 2.82. The number of nitrogens with one attached hydrogen (secondary N) is 1. The van der Waals surface area contributed by atoms with Crippen LogP contribution in [0.15, 0.2) is 48.5 Å². The highest BCUT2D eigenvalue weighted by atomic mass is 32.2. The van der Waals surface area contributed by atoms with Gasteiger partial charge in [0.05, 0.1) is 24.1 Å². The van der Waals surface area contributed by atoms with Crippen LogP contribution in [0.1, 0.15) is 24.5 Å². The molecule has 0 atom stereocenters. The highest BCUT2D eigenvalue weighted by Crippen LogP contribution is 2.32. The number of halogens is 3. The number of alkyl halides is 3. The van der Waals surface area contributed by atoms with Crippen LogP contribution in [-0.2, 0) is 27.4 Å². The van der Waals surface area contributed by atoms with Gasteiger partial charge in [-0.3, -0.25) is 9.10 Å². The van der Waals surface area contributed by atoms with Crippen LogP contribution >= 0.6 is 0 Å². The Hall–Kier alpha value is -2.75. The van der Waals surface area contributed by atoms with Gasteiger partial charge in [0.15, 0.2) is 0 Å². The van der Waals surface area contributed by atoms with Crippen LogP contribution in [0.4, 0.5) is 18.9 Å². The lowest BCUT2D eigenvalue weighted by molar-refractivity contribution is -0.137.